The molecule has 0 aromatic carbocycles. The molecule has 9 nitrogen and oxygen atoms in total. The summed E-state index contributed by atoms with van der Waals surface area (Å²) in [6.07, 6.45) is -7.93. The summed E-state index contributed by atoms with van der Waals surface area (Å²) < 4.78 is 102. The van der Waals surface area contributed by atoms with Crippen molar-refractivity contribution in [2.75, 3.05) is 17.7 Å². The number of nitrogens with zero attached hydrogens (tertiary/aromatic N) is 6. The van der Waals surface area contributed by atoms with E-state index in [4.69, 9.17) is 0 Å². The van der Waals surface area contributed by atoms with Gasteiger partial charge in [0.2, 0.25) is 16.0 Å². The summed E-state index contributed by atoms with van der Waals surface area (Å²) in [7, 11) is -3.12. The standard InChI is InChI=1S/C17H12F6N6O3S2/c1-3-34(31,32)10-6-8(9-4-5-24-13(26-9)16(18,19)20)7-25-11(10)12(30)29(2)15-28-27-14(33-15)17(21,22)23/h4-7H,3H2,1-2H3. The summed E-state index contributed by atoms with van der Waals surface area (Å²) in [6, 6.07) is 2.00. The lowest BCUT2D eigenvalue weighted by molar-refractivity contribution is -0.145. The Morgan fingerprint density at radius 3 is 2.32 bits per heavy atom. The van der Waals surface area contributed by atoms with Crippen LogP contribution in [0.15, 0.2) is 29.4 Å². The first-order valence-corrected chi connectivity index (χ1v) is 11.4. The summed E-state index contributed by atoms with van der Waals surface area (Å²) in [6.45, 7) is 1.26. The average Bonchev–Trinajstić information content (AvgIpc) is 3.28. The molecule has 0 saturated heterocycles. The Morgan fingerprint density at radius 1 is 1.09 bits per heavy atom. The van der Waals surface area contributed by atoms with Gasteiger partial charge in [-0.15, -0.1) is 10.2 Å². The molecule has 0 aliphatic carbocycles. The molecular formula is C17H12F6N6O3S2. The number of aromatic nitrogens is 5. The first kappa shape index (κ1) is 25.4. The van der Waals surface area contributed by atoms with Crippen molar-refractivity contribution in [1.29, 1.82) is 0 Å². The molecular weight excluding hydrogens is 514 g/mol. The first-order chi connectivity index (χ1) is 15.6. The average molecular weight is 526 g/mol. The second-order valence-electron chi connectivity index (χ2n) is 6.49. The maximum Gasteiger partial charge on any atom is 0.451 e. The fourth-order valence-corrected chi connectivity index (χ4v) is 4.23. The summed E-state index contributed by atoms with van der Waals surface area (Å²) in [5.41, 5.74) is -1.13. The maximum absolute atomic E-state index is 12.9. The van der Waals surface area contributed by atoms with Crippen LogP contribution in [0.2, 0.25) is 0 Å². The van der Waals surface area contributed by atoms with Gasteiger partial charge in [0.1, 0.15) is 5.69 Å². The van der Waals surface area contributed by atoms with E-state index in [0.29, 0.717) is 4.90 Å². The molecule has 0 aliphatic heterocycles. The van der Waals surface area contributed by atoms with E-state index >= 15 is 0 Å². The van der Waals surface area contributed by atoms with Crippen LogP contribution in [0, 0.1) is 0 Å². The molecule has 0 atom stereocenters. The minimum atomic E-state index is -4.86. The number of hydrogen-bond donors (Lipinski definition) is 0. The van der Waals surface area contributed by atoms with Gasteiger partial charge in [-0.25, -0.2) is 23.4 Å². The second kappa shape index (κ2) is 8.86. The van der Waals surface area contributed by atoms with Gasteiger partial charge < -0.3 is 0 Å². The van der Waals surface area contributed by atoms with E-state index in [0.717, 1.165) is 31.6 Å². The maximum atomic E-state index is 12.9. The molecule has 0 aliphatic rings. The number of rotatable bonds is 5. The Hall–Kier alpha value is -3.21. The number of anilines is 1. The third-order valence-electron chi connectivity index (χ3n) is 4.22. The lowest BCUT2D eigenvalue weighted by Crippen LogP contribution is -2.29. The number of carbonyl (C=O) groups excluding carboxylic acids is 1. The highest BCUT2D eigenvalue weighted by Gasteiger charge is 2.37. The predicted molar refractivity (Wildman–Crippen MR) is 106 cm³/mol. The van der Waals surface area contributed by atoms with E-state index in [1.807, 2.05) is 0 Å². The third kappa shape index (κ3) is 5.14. The largest absolute Gasteiger partial charge is 0.451 e. The summed E-state index contributed by atoms with van der Waals surface area (Å²) in [4.78, 5) is 23.2. The molecule has 182 valence electrons. The van der Waals surface area contributed by atoms with E-state index in [-0.39, 0.29) is 22.6 Å². The molecule has 3 rings (SSSR count). The van der Waals surface area contributed by atoms with Gasteiger partial charge in [0.15, 0.2) is 9.84 Å². The van der Waals surface area contributed by atoms with Crippen molar-refractivity contribution in [1.82, 2.24) is 25.1 Å². The topological polar surface area (TPSA) is 119 Å². The van der Waals surface area contributed by atoms with Crippen LogP contribution in [-0.4, -0.2) is 52.3 Å². The van der Waals surface area contributed by atoms with Gasteiger partial charge in [0, 0.05) is 25.0 Å². The Kier molecular flexibility index (Phi) is 6.62. The fraction of sp³-hybridized carbons (Fsp3) is 0.294. The van der Waals surface area contributed by atoms with Crippen molar-refractivity contribution in [3.8, 4) is 11.3 Å². The van der Waals surface area contributed by atoms with Crippen LogP contribution in [-0.2, 0) is 22.2 Å². The zero-order chi connectivity index (χ0) is 25.5. The van der Waals surface area contributed by atoms with Crippen LogP contribution in [0.4, 0.5) is 31.5 Å². The molecule has 0 spiro atoms. The molecule has 0 bridgehead atoms. The lowest BCUT2D eigenvalue weighted by atomic mass is 10.2. The van der Waals surface area contributed by atoms with Crippen LogP contribution in [0.5, 0.6) is 0 Å². The zero-order valence-corrected chi connectivity index (χ0v) is 18.6. The predicted octanol–water partition coefficient (Wildman–Crippen LogP) is 3.50. The van der Waals surface area contributed by atoms with Gasteiger partial charge in [-0.2, -0.15) is 26.3 Å². The zero-order valence-electron chi connectivity index (χ0n) is 17.0. The summed E-state index contributed by atoms with van der Waals surface area (Å²) >= 11 is 0.0511. The molecule has 0 saturated carbocycles. The Labute approximate surface area is 191 Å². The van der Waals surface area contributed by atoms with Crippen LogP contribution in [0.1, 0.15) is 28.2 Å². The van der Waals surface area contributed by atoms with Gasteiger partial charge in [0.05, 0.1) is 16.3 Å². The summed E-state index contributed by atoms with van der Waals surface area (Å²) in [5, 5.41) is 4.45. The highest BCUT2D eigenvalue weighted by molar-refractivity contribution is 7.91. The third-order valence-corrected chi connectivity index (χ3v) is 7.01. The van der Waals surface area contributed by atoms with Crippen molar-refractivity contribution >= 4 is 32.2 Å². The number of halogens is 6. The Balaban J connectivity index is 2.08. The van der Waals surface area contributed by atoms with Crippen molar-refractivity contribution in [3.63, 3.8) is 0 Å². The van der Waals surface area contributed by atoms with Crippen LogP contribution < -0.4 is 4.90 Å². The van der Waals surface area contributed by atoms with Crippen molar-refractivity contribution < 1.29 is 39.6 Å². The molecule has 0 radical (unpaired) electrons. The molecule has 0 unspecified atom stereocenters. The SMILES string of the molecule is CCS(=O)(=O)c1cc(-c2ccnc(C(F)(F)F)n2)cnc1C(=O)N(C)c1nnc(C(F)(F)F)s1. The van der Waals surface area contributed by atoms with Gasteiger partial charge in [-0.05, 0) is 12.1 Å². The smallest absolute Gasteiger partial charge is 0.284 e. The number of amides is 1. The number of sulfone groups is 1. The normalized spacial score (nSPS) is 12.6. The van der Waals surface area contributed by atoms with Gasteiger partial charge in [-0.1, -0.05) is 18.3 Å². The highest BCUT2D eigenvalue weighted by atomic mass is 32.2. The first-order valence-electron chi connectivity index (χ1n) is 8.97. The monoisotopic (exact) mass is 526 g/mol. The van der Waals surface area contributed by atoms with E-state index in [1.54, 1.807) is 0 Å². The Morgan fingerprint density at radius 2 is 1.76 bits per heavy atom. The highest BCUT2D eigenvalue weighted by Crippen LogP contribution is 2.35. The van der Waals surface area contributed by atoms with Crippen molar-refractivity contribution in [2.45, 2.75) is 24.2 Å². The van der Waals surface area contributed by atoms with Crippen LogP contribution >= 0.6 is 11.3 Å². The molecule has 34 heavy (non-hydrogen) atoms. The molecule has 1 amide bonds. The van der Waals surface area contributed by atoms with Gasteiger partial charge in [0.25, 0.3) is 5.91 Å². The minimum Gasteiger partial charge on any atom is -0.284 e. The number of carbonyl (C=O) groups is 1. The van der Waals surface area contributed by atoms with Gasteiger partial charge in [-0.3, -0.25) is 9.69 Å². The van der Waals surface area contributed by atoms with Crippen molar-refractivity contribution in [2.24, 2.45) is 0 Å². The molecule has 3 aromatic rings. The lowest BCUT2D eigenvalue weighted by Gasteiger charge is -2.16. The molecule has 0 fully saturated rings. The molecule has 17 heteroatoms. The van der Waals surface area contributed by atoms with E-state index < -0.39 is 60.4 Å². The minimum absolute atomic E-state index is 0.0511. The van der Waals surface area contributed by atoms with E-state index in [2.05, 4.69) is 25.1 Å². The fourth-order valence-electron chi connectivity index (χ4n) is 2.51. The molecule has 3 aromatic heterocycles. The number of pyridine rings is 1. The van der Waals surface area contributed by atoms with E-state index in [9.17, 15) is 39.6 Å². The second-order valence-corrected chi connectivity index (χ2v) is 9.69. The quantitative estimate of drug-likeness (QED) is 0.464. The summed E-state index contributed by atoms with van der Waals surface area (Å²) in [5.74, 6) is -3.10. The van der Waals surface area contributed by atoms with Crippen LogP contribution in [0.3, 0.4) is 0 Å². The molecule has 0 N–H and O–H groups in total. The number of alkyl halides is 6. The van der Waals surface area contributed by atoms with E-state index in [1.165, 1.54) is 6.92 Å². The van der Waals surface area contributed by atoms with Crippen molar-refractivity contribution in [3.05, 3.63) is 41.1 Å². The molecule has 3 heterocycles. The Bertz CT molecular complexity index is 1340. The van der Waals surface area contributed by atoms with Crippen LogP contribution in [0.25, 0.3) is 11.3 Å². The number of hydrogen-bond acceptors (Lipinski definition) is 9. The van der Waals surface area contributed by atoms with Gasteiger partial charge >= 0.3 is 12.4 Å².